The molecule has 3 nitrogen and oxygen atoms in total. The minimum atomic E-state index is -0.455. The molecular formula is C19H27NO2. The van der Waals surface area contributed by atoms with Crippen molar-refractivity contribution in [2.45, 2.75) is 58.6 Å². The fourth-order valence-corrected chi connectivity index (χ4v) is 4.23. The van der Waals surface area contributed by atoms with E-state index in [1.54, 1.807) is 0 Å². The van der Waals surface area contributed by atoms with Gasteiger partial charge in [-0.25, -0.2) is 0 Å². The van der Waals surface area contributed by atoms with E-state index >= 15 is 0 Å². The Kier molecular flexibility index (Phi) is 4.42. The Labute approximate surface area is 133 Å². The molecule has 5 atom stereocenters. The Hall–Kier alpha value is -1.51. The zero-order valence-corrected chi connectivity index (χ0v) is 13.8. The molecule has 0 unspecified atom stereocenters. The summed E-state index contributed by atoms with van der Waals surface area (Å²) in [5.41, 5.74) is 1.19. The van der Waals surface area contributed by atoms with E-state index in [1.807, 2.05) is 38.1 Å². The van der Waals surface area contributed by atoms with Crippen LogP contribution in [0.1, 0.15) is 45.1 Å². The second kappa shape index (κ2) is 6.31. The number of rotatable bonds is 5. The van der Waals surface area contributed by atoms with Crippen LogP contribution in [0.4, 0.5) is 0 Å². The van der Waals surface area contributed by atoms with Gasteiger partial charge in [-0.1, -0.05) is 24.1 Å². The average molecular weight is 301 g/mol. The molecular weight excluding hydrogens is 274 g/mol. The maximum Gasteiger partial charge on any atom is 0.260 e. The van der Waals surface area contributed by atoms with Crippen LogP contribution >= 0.6 is 0 Å². The van der Waals surface area contributed by atoms with Crippen LogP contribution < -0.4 is 10.1 Å². The van der Waals surface area contributed by atoms with E-state index in [-0.39, 0.29) is 11.9 Å². The zero-order valence-electron chi connectivity index (χ0n) is 13.8. The molecule has 0 radical (unpaired) electrons. The topological polar surface area (TPSA) is 38.3 Å². The lowest BCUT2D eigenvalue weighted by Gasteiger charge is -2.29. The summed E-state index contributed by atoms with van der Waals surface area (Å²) >= 11 is 0. The number of carbonyl (C=O) groups excluding carboxylic acids is 1. The van der Waals surface area contributed by atoms with Crippen LogP contribution in [0, 0.1) is 24.7 Å². The zero-order chi connectivity index (χ0) is 15.7. The normalized spacial score (nSPS) is 29.1. The molecule has 2 bridgehead atoms. The molecule has 0 saturated heterocycles. The van der Waals surface area contributed by atoms with Gasteiger partial charge in [0.15, 0.2) is 6.10 Å². The summed E-state index contributed by atoms with van der Waals surface area (Å²) in [5, 5.41) is 3.17. The number of hydrogen-bond donors (Lipinski definition) is 1. The van der Waals surface area contributed by atoms with E-state index in [0.717, 1.165) is 17.6 Å². The number of nitrogens with one attached hydrogen (secondary N) is 1. The minimum absolute atomic E-state index is 0.00384. The molecule has 0 spiro atoms. The first-order valence-corrected chi connectivity index (χ1v) is 8.56. The number of carbonyl (C=O) groups is 1. The number of ether oxygens (including phenoxy) is 1. The Balaban J connectivity index is 1.51. The van der Waals surface area contributed by atoms with Gasteiger partial charge in [0.25, 0.3) is 5.91 Å². The van der Waals surface area contributed by atoms with Crippen molar-refractivity contribution in [2.75, 3.05) is 0 Å². The van der Waals surface area contributed by atoms with Crippen molar-refractivity contribution in [3.8, 4) is 5.75 Å². The lowest BCUT2D eigenvalue weighted by Crippen LogP contribution is -2.45. The Morgan fingerprint density at radius 3 is 2.50 bits per heavy atom. The first kappa shape index (κ1) is 15.4. The van der Waals surface area contributed by atoms with Crippen LogP contribution in [0.25, 0.3) is 0 Å². The van der Waals surface area contributed by atoms with Gasteiger partial charge in [0.1, 0.15) is 5.75 Å². The fraction of sp³-hybridized carbons (Fsp3) is 0.632. The molecule has 0 heterocycles. The van der Waals surface area contributed by atoms with E-state index in [9.17, 15) is 4.79 Å². The van der Waals surface area contributed by atoms with Gasteiger partial charge in [0, 0.05) is 6.04 Å². The predicted molar refractivity (Wildman–Crippen MR) is 87.8 cm³/mol. The van der Waals surface area contributed by atoms with Gasteiger partial charge in [0.05, 0.1) is 0 Å². The molecule has 2 saturated carbocycles. The largest absolute Gasteiger partial charge is 0.481 e. The van der Waals surface area contributed by atoms with Crippen molar-refractivity contribution in [3.63, 3.8) is 0 Å². The number of fused-ring (bicyclic) bond motifs is 2. The summed E-state index contributed by atoms with van der Waals surface area (Å²) in [6.07, 6.45) is 4.96. The number of aryl methyl sites for hydroxylation is 1. The van der Waals surface area contributed by atoms with Gasteiger partial charge in [0.2, 0.25) is 0 Å². The molecule has 2 fully saturated rings. The molecule has 1 N–H and O–H groups in total. The monoisotopic (exact) mass is 301 g/mol. The first-order valence-electron chi connectivity index (χ1n) is 8.56. The van der Waals surface area contributed by atoms with Gasteiger partial charge in [-0.15, -0.1) is 0 Å². The highest BCUT2D eigenvalue weighted by Crippen LogP contribution is 2.49. The second-order valence-electron chi connectivity index (χ2n) is 7.21. The minimum Gasteiger partial charge on any atom is -0.481 e. The van der Waals surface area contributed by atoms with Crippen molar-refractivity contribution in [1.29, 1.82) is 0 Å². The van der Waals surface area contributed by atoms with Crippen LogP contribution in [0.2, 0.25) is 0 Å². The number of amides is 1. The third-order valence-electron chi connectivity index (χ3n) is 5.51. The molecule has 3 rings (SSSR count). The highest BCUT2D eigenvalue weighted by molar-refractivity contribution is 5.81. The highest BCUT2D eigenvalue weighted by Gasteiger charge is 2.42. The third-order valence-corrected chi connectivity index (χ3v) is 5.51. The molecule has 1 aromatic carbocycles. The summed E-state index contributed by atoms with van der Waals surface area (Å²) in [7, 11) is 0. The van der Waals surface area contributed by atoms with E-state index in [4.69, 9.17) is 4.74 Å². The maximum absolute atomic E-state index is 12.4. The quantitative estimate of drug-likeness (QED) is 0.900. The van der Waals surface area contributed by atoms with E-state index in [2.05, 4.69) is 12.2 Å². The first-order chi connectivity index (χ1) is 10.5. The van der Waals surface area contributed by atoms with Crippen LogP contribution in [-0.4, -0.2) is 18.1 Å². The highest BCUT2D eigenvalue weighted by atomic mass is 16.5. The van der Waals surface area contributed by atoms with Gasteiger partial charge in [-0.05, 0) is 69.9 Å². The molecule has 1 amide bonds. The molecule has 0 aromatic heterocycles. The Bertz CT molecular complexity index is 525. The molecule has 3 heteroatoms. The van der Waals surface area contributed by atoms with Crippen molar-refractivity contribution in [1.82, 2.24) is 5.32 Å². The molecule has 1 aromatic rings. The lowest BCUT2D eigenvalue weighted by atomic mass is 9.84. The summed E-state index contributed by atoms with van der Waals surface area (Å²) < 4.78 is 5.74. The summed E-state index contributed by atoms with van der Waals surface area (Å²) in [4.78, 5) is 12.4. The maximum atomic E-state index is 12.4. The van der Waals surface area contributed by atoms with Crippen molar-refractivity contribution >= 4 is 5.91 Å². The van der Waals surface area contributed by atoms with Crippen molar-refractivity contribution in [3.05, 3.63) is 29.8 Å². The summed E-state index contributed by atoms with van der Waals surface area (Å²) in [5.74, 6) is 3.15. The average Bonchev–Trinajstić information content (AvgIpc) is 3.12. The van der Waals surface area contributed by atoms with Crippen LogP contribution in [0.5, 0.6) is 5.75 Å². The molecule has 2 aliphatic rings. The van der Waals surface area contributed by atoms with Crippen molar-refractivity contribution < 1.29 is 9.53 Å². The van der Waals surface area contributed by atoms with Crippen LogP contribution in [-0.2, 0) is 4.79 Å². The fourth-order valence-electron chi connectivity index (χ4n) is 4.23. The number of hydrogen-bond acceptors (Lipinski definition) is 2. The smallest absolute Gasteiger partial charge is 0.260 e. The molecule has 0 aliphatic heterocycles. The summed E-state index contributed by atoms with van der Waals surface area (Å²) in [6, 6.07) is 8.08. The molecule has 120 valence electrons. The third kappa shape index (κ3) is 3.29. The van der Waals surface area contributed by atoms with Crippen molar-refractivity contribution in [2.24, 2.45) is 17.8 Å². The second-order valence-corrected chi connectivity index (χ2v) is 7.21. The van der Waals surface area contributed by atoms with E-state index in [0.29, 0.717) is 5.92 Å². The van der Waals surface area contributed by atoms with Gasteiger partial charge in [-0.3, -0.25) is 4.79 Å². The van der Waals surface area contributed by atoms with Gasteiger partial charge < -0.3 is 10.1 Å². The summed E-state index contributed by atoms with van der Waals surface area (Å²) in [6.45, 7) is 6.02. The SMILES string of the molecule is Cc1ccc(O[C@H](C)C(=O)N[C@@H](C)[C@H]2C[C@H]3CC[C@H]2C3)cc1. The lowest BCUT2D eigenvalue weighted by molar-refractivity contribution is -0.128. The van der Waals surface area contributed by atoms with Gasteiger partial charge >= 0.3 is 0 Å². The van der Waals surface area contributed by atoms with Gasteiger partial charge in [-0.2, -0.15) is 0 Å². The molecule has 22 heavy (non-hydrogen) atoms. The van der Waals surface area contributed by atoms with E-state index in [1.165, 1.54) is 31.2 Å². The van der Waals surface area contributed by atoms with Crippen LogP contribution in [0.3, 0.4) is 0 Å². The Morgan fingerprint density at radius 1 is 1.18 bits per heavy atom. The standard InChI is InChI=1S/C19H27NO2/c1-12-4-8-17(9-5-12)22-14(3)19(21)20-13(2)18-11-15-6-7-16(18)10-15/h4-5,8-9,13-16,18H,6-7,10-11H2,1-3H3,(H,20,21)/t13-,14+,15-,16-,18+/m0/s1. The Morgan fingerprint density at radius 2 is 1.91 bits per heavy atom. The van der Waals surface area contributed by atoms with Crippen LogP contribution in [0.15, 0.2) is 24.3 Å². The number of benzene rings is 1. The molecule has 2 aliphatic carbocycles. The predicted octanol–water partition coefficient (Wildman–Crippen LogP) is 3.70. The van der Waals surface area contributed by atoms with E-state index < -0.39 is 6.10 Å².